The van der Waals surface area contributed by atoms with Gasteiger partial charge in [-0.25, -0.2) is 4.68 Å². The van der Waals surface area contributed by atoms with Crippen LogP contribution in [-0.2, 0) is 17.8 Å². The molecule has 1 heterocycles. The van der Waals surface area contributed by atoms with Crippen LogP contribution in [0, 0.1) is 0 Å². The summed E-state index contributed by atoms with van der Waals surface area (Å²) in [5, 5.41) is 6.77. The molecule has 27 heavy (non-hydrogen) atoms. The van der Waals surface area contributed by atoms with Crippen molar-refractivity contribution in [3.8, 4) is 5.69 Å². The van der Waals surface area contributed by atoms with E-state index < -0.39 is 0 Å². The number of nitrogens with zero attached hydrogens (tertiary/aromatic N) is 3. The van der Waals surface area contributed by atoms with Gasteiger partial charge in [-0.15, -0.1) is 0 Å². The van der Waals surface area contributed by atoms with Crippen molar-refractivity contribution in [1.29, 1.82) is 0 Å². The molecule has 3 aromatic carbocycles. The van der Waals surface area contributed by atoms with Crippen LogP contribution in [0.15, 0.2) is 85.2 Å². The van der Waals surface area contributed by atoms with Gasteiger partial charge in [-0.1, -0.05) is 54.6 Å². The molecule has 1 amide bonds. The smallest absolute Gasteiger partial charge is 0.227 e. The highest BCUT2D eigenvalue weighted by Crippen LogP contribution is 2.17. The van der Waals surface area contributed by atoms with Gasteiger partial charge < -0.3 is 4.90 Å². The largest absolute Gasteiger partial charge is 0.341 e. The van der Waals surface area contributed by atoms with Gasteiger partial charge in [-0.05, 0) is 40.1 Å². The molecule has 134 valence electrons. The van der Waals surface area contributed by atoms with E-state index in [-0.39, 0.29) is 5.91 Å². The minimum Gasteiger partial charge on any atom is -0.341 e. The Balaban J connectivity index is 1.42. The molecule has 0 N–H and O–H groups in total. The third kappa shape index (κ3) is 3.90. The van der Waals surface area contributed by atoms with Gasteiger partial charge >= 0.3 is 0 Å². The lowest BCUT2D eigenvalue weighted by Crippen LogP contribution is -2.27. The van der Waals surface area contributed by atoms with Crippen molar-refractivity contribution in [2.45, 2.75) is 13.0 Å². The van der Waals surface area contributed by atoms with Crippen LogP contribution in [0.2, 0.25) is 0 Å². The lowest BCUT2D eigenvalue weighted by atomic mass is 10.1. The second kappa shape index (κ2) is 7.46. The first-order valence-corrected chi connectivity index (χ1v) is 9.00. The molecule has 4 rings (SSSR count). The van der Waals surface area contributed by atoms with Gasteiger partial charge in [0.05, 0.1) is 18.3 Å². The van der Waals surface area contributed by atoms with Crippen LogP contribution in [0.4, 0.5) is 0 Å². The number of para-hydroxylation sites is 1. The molecule has 0 saturated carbocycles. The van der Waals surface area contributed by atoms with E-state index in [0.717, 1.165) is 16.8 Å². The van der Waals surface area contributed by atoms with E-state index in [1.807, 2.05) is 55.7 Å². The SMILES string of the molecule is CN(Cc1ccc2ccccc2c1)C(=O)Cc1cnn(-c2ccccc2)c1. The predicted octanol–water partition coefficient (Wildman–Crippen LogP) is 4.23. The number of rotatable bonds is 5. The summed E-state index contributed by atoms with van der Waals surface area (Å²) in [6, 6.07) is 24.5. The predicted molar refractivity (Wildman–Crippen MR) is 108 cm³/mol. The van der Waals surface area contributed by atoms with Crippen molar-refractivity contribution >= 4 is 16.7 Å². The van der Waals surface area contributed by atoms with Gasteiger partial charge in [0.2, 0.25) is 5.91 Å². The molecule has 1 aromatic heterocycles. The Hall–Kier alpha value is -3.40. The third-order valence-corrected chi connectivity index (χ3v) is 4.67. The molecule has 4 nitrogen and oxygen atoms in total. The average molecular weight is 355 g/mol. The zero-order valence-corrected chi connectivity index (χ0v) is 15.2. The summed E-state index contributed by atoms with van der Waals surface area (Å²) in [6.07, 6.45) is 4.02. The Morgan fingerprint density at radius 3 is 2.48 bits per heavy atom. The number of carbonyl (C=O) groups is 1. The molecular weight excluding hydrogens is 334 g/mol. The molecular formula is C23H21N3O. The molecule has 0 atom stereocenters. The van der Waals surface area contributed by atoms with E-state index in [4.69, 9.17) is 0 Å². The van der Waals surface area contributed by atoms with Crippen molar-refractivity contribution in [2.75, 3.05) is 7.05 Å². The quantitative estimate of drug-likeness (QED) is 0.537. The summed E-state index contributed by atoms with van der Waals surface area (Å²) in [5.41, 5.74) is 3.03. The van der Waals surface area contributed by atoms with Crippen molar-refractivity contribution in [2.24, 2.45) is 0 Å². The minimum absolute atomic E-state index is 0.0794. The maximum atomic E-state index is 12.6. The second-order valence-electron chi connectivity index (χ2n) is 6.74. The van der Waals surface area contributed by atoms with E-state index in [1.165, 1.54) is 10.8 Å². The van der Waals surface area contributed by atoms with Crippen LogP contribution >= 0.6 is 0 Å². The van der Waals surface area contributed by atoms with Crippen LogP contribution in [0.1, 0.15) is 11.1 Å². The Morgan fingerprint density at radius 1 is 0.926 bits per heavy atom. The number of carbonyl (C=O) groups excluding carboxylic acids is 1. The molecule has 0 aliphatic rings. The van der Waals surface area contributed by atoms with Crippen LogP contribution in [-0.4, -0.2) is 27.6 Å². The highest BCUT2D eigenvalue weighted by molar-refractivity contribution is 5.83. The van der Waals surface area contributed by atoms with Gasteiger partial charge in [0, 0.05) is 19.8 Å². The fourth-order valence-corrected chi connectivity index (χ4v) is 3.18. The number of likely N-dealkylation sites (N-methyl/N-ethyl adjacent to an activating group) is 1. The topological polar surface area (TPSA) is 38.1 Å². The summed E-state index contributed by atoms with van der Waals surface area (Å²) in [5.74, 6) is 0.0794. The second-order valence-corrected chi connectivity index (χ2v) is 6.74. The highest BCUT2D eigenvalue weighted by Gasteiger charge is 2.12. The summed E-state index contributed by atoms with van der Waals surface area (Å²) in [4.78, 5) is 14.4. The first kappa shape index (κ1) is 17.0. The monoisotopic (exact) mass is 355 g/mol. The number of aromatic nitrogens is 2. The standard InChI is InChI=1S/C23H21N3O/c1-25(16-18-11-12-20-7-5-6-8-21(20)13-18)23(27)14-19-15-24-26(17-19)22-9-3-2-4-10-22/h2-13,15,17H,14,16H2,1H3. The van der Waals surface area contributed by atoms with Crippen LogP contribution < -0.4 is 0 Å². The van der Waals surface area contributed by atoms with Crippen LogP contribution in [0.5, 0.6) is 0 Å². The van der Waals surface area contributed by atoms with Gasteiger partial charge in [-0.2, -0.15) is 5.10 Å². The molecule has 0 aliphatic heterocycles. The fraction of sp³-hybridized carbons (Fsp3) is 0.130. The fourth-order valence-electron chi connectivity index (χ4n) is 3.18. The first-order valence-electron chi connectivity index (χ1n) is 9.00. The van der Waals surface area contributed by atoms with Crippen LogP contribution in [0.3, 0.4) is 0 Å². The zero-order chi connectivity index (χ0) is 18.6. The Labute approximate surface area is 158 Å². The normalized spacial score (nSPS) is 10.9. The maximum Gasteiger partial charge on any atom is 0.227 e. The van der Waals surface area contributed by atoms with Crippen molar-refractivity contribution < 1.29 is 4.79 Å². The minimum atomic E-state index is 0.0794. The van der Waals surface area contributed by atoms with Gasteiger partial charge in [0.15, 0.2) is 0 Å². The maximum absolute atomic E-state index is 12.6. The van der Waals surface area contributed by atoms with Crippen molar-refractivity contribution in [1.82, 2.24) is 14.7 Å². The van der Waals surface area contributed by atoms with Crippen LogP contribution in [0.25, 0.3) is 16.5 Å². The number of hydrogen-bond acceptors (Lipinski definition) is 2. The number of hydrogen-bond donors (Lipinski definition) is 0. The average Bonchev–Trinajstić information content (AvgIpc) is 3.17. The lowest BCUT2D eigenvalue weighted by molar-refractivity contribution is -0.129. The molecule has 4 aromatic rings. The van der Waals surface area contributed by atoms with E-state index in [9.17, 15) is 4.79 Å². The lowest BCUT2D eigenvalue weighted by Gasteiger charge is -2.17. The van der Waals surface area contributed by atoms with E-state index >= 15 is 0 Å². The molecule has 0 radical (unpaired) electrons. The van der Waals surface area contributed by atoms with Gasteiger partial charge in [-0.3, -0.25) is 4.79 Å². The number of fused-ring (bicyclic) bond motifs is 1. The molecule has 0 spiro atoms. The van der Waals surface area contributed by atoms with E-state index in [0.29, 0.717) is 13.0 Å². The molecule has 0 aliphatic carbocycles. The third-order valence-electron chi connectivity index (χ3n) is 4.67. The number of benzene rings is 3. The van der Waals surface area contributed by atoms with Crippen molar-refractivity contribution in [3.05, 3.63) is 96.3 Å². The summed E-state index contributed by atoms with van der Waals surface area (Å²) < 4.78 is 1.80. The summed E-state index contributed by atoms with van der Waals surface area (Å²) in [7, 11) is 1.85. The Kier molecular flexibility index (Phi) is 4.71. The van der Waals surface area contributed by atoms with E-state index in [1.54, 1.807) is 15.8 Å². The van der Waals surface area contributed by atoms with Gasteiger partial charge in [0.25, 0.3) is 0 Å². The highest BCUT2D eigenvalue weighted by atomic mass is 16.2. The molecule has 0 unspecified atom stereocenters. The van der Waals surface area contributed by atoms with E-state index in [2.05, 4.69) is 35.4 Å². The molecule has 0 saturated heterocycles. The number of amides is 1. The zero-order valence-electron chi connectivity index (χ0n) is 15.2. The summed E-state index contributed by atoms with van der Waals surface area (Å²) >= 11 is 0. The molecule has 4 heteroatoms. The molecule has 0 fully saturated rings. The first-order chi connectivity index (χ1) is 13.2. The van der Waals surface area contributed by atoms with Gasteiger partial charge in [0.1, 0.15) is 0 Å². The Bertz CT molecular complexity index is 1070. The van der Waals surface area contributed by atoms with Crippen molar-refractivity contribution in [3.63, 3.8) is 0 Å². The molecule has 0 bridgehead atoms. The summed E-state index contributed by atoms with van der Waals surface area (Å²) in [6.45, 7) is 0.594. The Morgan fingerprint density at radius 2 is 1.67 bits per heavy atom.